The quantitative estimate of drug-likeness (QED) is 0.663. The van der Waals surface area contributed by atoms with Gasteiger partial charge in [0, 0.05) is 31.5 Å². The molecule has 0 saturated carbocycles. The van der Waals surface area contributed by atoms with E-state index < -0.39 is 0 Å². The van der Waals surface area contributed by atoms with Crippen molar-refractivity contribution in [2.75, 3.05) is 37.2 Å². The van der Waals surface area contributed by atoms with Crippen LogP contribution >= 0.6 is 11.8 Å². The van der Waals surface area contributed by atoms with Crippen LogP contribution in [0.15, 0.2) is 47.6 Å². The molecule has 130 valence electrons. The summed E-state index contributed by atoms with van der Waals surface area (Å²) < 4.78 is 5.20. The number of imidazole rings is 1. The number of benzene rings is 2. The number of hydrogen-bond donors (Lipinski definition) is 2. The molecule has 3 aromatic rings. The van der Waals surface area contributed by atoms with Crippen molar-refractivity contribution in [2.45, 2.75) is 5.16 Å². The Morgan fingerprint density at radius 1 is 1.24 bits per heavy atom. The third kappa shape index (κ3) is 4.24. The van der Waals surface area contributed by atoms with Crippen LogP contribution < -0.4 is 15.0 Å². The van der Waals surface area contributed by atoms with Crippen molar-refractivity contribution in [1.82, 2.24) is 9.97 Å². The summed E-state index contributed by atoms with van der Waals surface area (Å²) in [4.78, 5) is 21.8. The molecule has 0 aliphatic carbocycles. The Morgan fingerprint density at radius 2 is 2.00 bits per heavy atom. The second kappa shape index (κ2) is 7.48. The van der Waals surface area contributed by atoms with Crippen LogP contribution in [-0.4, -0.2) is 42.8 Å². The first-order valence-corrected chi connectivity index (χ1v) is 8.77. The Hall–Kier alpha value is -2.67. The van der Waals surface area contributed by atoms with E-state index in [1.54, 1.807) is 7.11 Å². The van der Waals surface area contributed by atoms with Gasteiger partial charge in [0.2, 0.25) is 5.91 Å². The van der Waals surface area contributed by atoms with Gasteiger partial charge in [0.15, 0.2) is 5.16 Å². The number of hydrogen-bond acceptors (Lipinski definition) is 5. The van der Waals surface area contributed by atoms with Crippen LogP contribution in [-0.2, 0) is 4.79 Å². The molecule has 0 saturated heterocycles. The zero-order valence-corrected chi connectivity index (χ0v) is 15.2. The molecule has 1 amide bonds. The van der Waals surface area contributed by atoms with Crippen LogP contribution in [0.5, 0.6) is 5.75 Å². The fourth-order valence-corrected chi connectivity index (χ4v) is 3.02. The number of methoxy groups -OCH3 is 1. The number of anilines is 2. The van der Waals surface area contributed by atoms with E-state index in [0.717, 1.165) is 28.2 Å². The number of ether oxygens (including phenoxy) is 1. The predicted molar refractivity (Wildman–Crippen MR) is 103 cm³/mol. The van der Waals surface area contributed by atoms with Gasteiger partial charge in [-0.3, -0.25) is 4.79 Å². The molecule has 0 bridgehead atoms. The summed E-state index contributed by atoms with van der Waals surface area (Å²) in [5, 5.41) is 3.60. The van der Waals surface area contributed by atoms with Gasteiger partial charge in [-0.15, -0.1) is 0 Å². The van der Waals surface area contributed by atoms with E-state index in [0.29, 0.717) is 5.16 Å². The van der Waals surface area contributed by atoms with Crippen LogP contribution in [0, 0.1) is 0 Å². The summed E-state index contributed by atoms with van der Waals surface area (Å²) in [5.74, 6) is 0.985. The molecule has 0 aliphatic heterocycles. The van der Waals surface area contributed by atoms with E-state index in [2.05, 4.69) is 15.3 Å². The van der Waals surface area contributed by atoms with Crippen LogP contribution in [0.4, 0.5) is 11.4 Å². The number of aromatic amines is 1. The smallest absolute Gasteiger partial charge is 0.234 e. The van der Waals surface area contributed by atoms with Gasteiger partial charge < -0.3 is 19.9 Å². The lowest BCUT2D eigenvalue weighted by Gasteiger charge is -2.12. The number of fused-ring (bicyclic) bond motifs is 1. The van der Waals surface area contributed by atoms with Crippen molar-refractivity contribution in [3.8, 4) is 5.75 Å². The first-order valence-electron chi connectivity index (χ1n) is 7.79. The van der Waals surface area contributed by atoms with Crippen molar-refractivity contribution in [2.24, 2.45) is 0 Å². The van der Waals surface area contributed by atoms with E-state index in [-0.39, 0.29) is 11.7 Å². The minimum atomic E-state index is -0.0689. The average Bonchev–Trinajstić information content (AvgIpc) is 3.02. The highest BCUT2D eigenvalue weighted by Crippen LogP contribution is 2.23. The van der Waals surface area contributed by atoms with Gasteiger partial charge in [-0.2, -0.15) is 0 Å². The number of nitrogens with one attached hydrogen (secondary N) is 2. The third-order valence-corrected chi connectivity index (χ3v) is 4.55. The lowest BCUT2D eigenvalue weighted by molar-refractivity contribution is -0.113. The number of thioether (sulfide) groups is 1. The zero-order chi connectivity index (χ0) is 17.8. The van der Waals surface area contributed by atoms with Gasteiger partial charge in [-0.1, -0.05) is 11.8 Å². The Balaban J connectivity index is 1.58. The topological polar surface area (TPSA) is 70.2 Å². The third-order valence-electron chi connectivity index (χ3n) is 3.67. The highest BCUT2D eigenvalue weighted by Gasteiger charge is 2.08. The molecule has 0 radical (unpaired) electrons. The maximum atomic E-state index is 12.1. The summed E-state index contributed by atoms with van der Waals surface area (Å²) in [6, 6.07) is 13.4. The van der Waals surface area contributed by atoms with Gasteiger partial charge in [0.05, 0.1) is 23.9 Å². The van der Waals surface area contributed by atoms with Gasteiger partial charge in [0.25, 0.3) is 0 Å². The summed E-state index contributed by atoms with van der Waals surface area (Å²) >= 11 is 1.37. The first-order chi connectivity index (χ1) is 12.0. The maximum absolute atomic E-state index is 12.1. The van der Waals surface area contributed by atoms with E-state index in [9.17, 15) is 4.79 Å². The molecule has 6 nitrogen and oxygen atoms in total. The van der Waals surface area contributed by atoms with Crippen LogP contribution in [0.1, 0.15) is 0 Å². The van der Waals surface area contributed by atoms with Gasteiger partial charge >= 0.3 is 0 Å². The normalized spacial score (nSPS) is 10.7. The molecule has 0 fully saturated rings. The Kier molecular flexibility index (Phi) is 5.14. The van der Waals surface area contributed by atoms with Gasteiger partial charge in [-0.25, -0.2) is 4.98 Å². The molecule has 0 unspecified atom stereocenters. The molecular formula is C18H20N4O2S. The summed E-state index contributed by atoms with van der Waals surface area (Å²) in [7, 11) is 5.59. The van der Waals surface area contributed by atoms with Crippen LogP contribution in [0.3, 0.4) is 0 Å². The Morgan fingerprint density at radius 3 is 2.68 bits per heavy atom. The van der Waals surface area contributed by atoms with Gasteiger partial charge in [0.1, 0.15) is 5.75 Å². The Labute approximate surface area is 150 Å². The molecule has 1 aromatic heterocycles. The number of amides is 1. The molecule has 25 heavy (non-hydrogen) atoms. The zero-order valence-electron chi connectivity index (χ0n) is 14.4. The molecule has 0 spiro atoms. The number of carbonyl (C=O) groups is 1. The molecule has 3 rings (SSSR count). The average molecular weight is 356 g/mol. The number of carbonyl (C=O) groups excluding carboxylic acids is 1. The van der Waals surface area contributed by atoms with E-state index in [4.69, 9.17) is 4.74 Å². The molecule has 2 N–H and O–H groups in total. The van der Waals surface area contributed by atoms with Crippen molar-refractivity contribution < 1.29 is 9.53 Å². The minimum absolute atomic E-state index is 0.0689. The summed E-state index contributed by atoms with van der Waals surface area (Å²) in [5.41, 5.74) is 3.61. The molecular weight excluding hydrogens is 336 g/mol. The molecule has 0 atom stereocenters. The summed E-state index contributed by atoms with van der Waals surface area (Å²) in [6.07, 6.45) is 0. The number of H-pyrrole nitrogens is 1. The van der Waals surface area contributed by atoms with Crippen molar-refractivity contribution in [3.05, 3.63) is 42.5 Å². The van der Waals surface area contributed by atoms with Crippen molar-refractivity contribution >= 4 is 40.1 Å². The first kappa shape index (κ1) is 17.2. The Bertz CT molecular complexity index is 874. The molecule has 0 aliphatic rings. The van der Waals surface area contributed by atoms with E-state index in [1.807, 2.05) is 61.5 Å². The van der Waals surface area contributed by atoms with Gasteiger partial charge in [-0.05, 0) is 36.4 Å². The van der Waals surface area contributed by atoms with Crippen molar-refractivity contribution in [1.29, 1.82) is 0 Å². The standard InChI is InChI=1S/C18H20N4O2S/c1-22(2)13-6-4-12(5-7-13)19-17(23)11-25-18-20-15-9-8-14(24-3)10-16(15)21-18/h4-10H,11H2,1-3H3,(H,19,23)(H,20,21). The highest BCUT2D eigenvalue weighted by atomic mass is 32.2. The van der Waals surface area contributed by atoms with E-state index >= 15 is 0 Å². The second-order valence-electron chi connectivity index (χ2n) is 5.70. The SMILES string of the molecule is COc1ccc2nc(SCC(=O)Nc3ccc(N(C)C)cc3)[nH]c2c1. The fourth-order valence-electron chi connectivity index (χ4n) is 2.33. The fraction of sp³-hybridized carbons (Fsp3) is 0.222. The monoisotopic (exact) mass is 356 g/mol. The number of nitrogens with zero attached hydrogens (tertiary/aromatic N) is 2. The lowest BCUT2D eigenvalue weighted by Crippen LogP contribution is -2.14. The van der Waals surface area contributed by atoms with Crippen molar-refractivity contribution in [3.63, 3.8) is 0 Å². The minimum Gasteiger partial charge on any atom is -0.497 e. The lowest BCUT2D eigenvalue weighted by atomic mass is 10.2. The molecule has 1 heterocycles. The largest absolute Gasteiger partial charge is 0.497 e. The molecule has 7 heteroatoms. The van der Waals surface area contributed by atoms with Crippen LogP contribution in [0.25, 0.3) is 11.0 Å². The maximum Gasteiger partial charge on any atom is 0.234 e. The highest BCUT2D eigenvalue weighted by molar-refractivity contribution is 7.99. The number of rotatable bonds is 6. The molecule has 2 aromatic carbocycles. The second-order valence-corrected chi connectivity index (χ2v) is 6.67. The number of aromatic nitrogens is 2. The summed E-state index contributed by atoms with van der Waals surface area (Å²) in [6.45, 7) is 0. The van der Waals surface area contributed by atoms with E-state index in [1.165, 1.54) is 11.8 Å². The predicted octanol–water partition coefficient (Wildman–Crippen LogP) is 3.37. The van der Waals surface area contributed by atoms with Crippen LogP contribution in [0.2, 0.25) is 0 Å².